The smallest absolute Gasteiger partial charge is 0.405 e. The van der Waals surface area contributed by atoms with Crippen molar-refractivity contribution in [1.82, 2.24) is 9.78 Å². The first kappa shape index (κ1) is 27.2. The van der Waals surface area contributed by atoms with Gasteiger partial charge in [0.25, 0.3) is 0 Å². The standard InChI is InChI=1S/C10H17N5S.C6H6.C5H11NO2/c1-7(2)8-5-14-15(10(11)12-3)9(8)13-6-16-4;1-2-4-6-5-3-1;1-5(2,3)8-4(6)7/h5-7H,1-4H3,(H2,11,12);1-6H;1-3H3,(H2,6,7). The van der Waals surface area contributed by atoms with Crippen molar-refractivity contribution < 1.29 is 9.53 Å². The molecule has 1 aromatic heterocycles. The lowest BCUT2D eigenvalue weighted by Gasteiger charge is -2.16. The molecule has 9 heteroatoms. The third-order valence-corrected chi connectivity index (χ3v) is 3.51. The van der Waals surface area contributed by atoms with Crippen molar-refractivity contribution in [3.63, 3.8) is 0 Å². The number of ether oxygens (including phenoxy) is 1. The predicted octanol–water partition coefficient (Wildman–Crippen LogP) is 4.39. The maximum atomic E-state index is 10.0. The van der Waals surface area contributed by atoms with Gasteiger partial charge in [0.15, 0.2) is 5.82 Å². The van der Waals surface area contributed by atoms with E-state index < -0.39 is 11.7 Å². The molecule has 0 unspecified atom stereocenters. The second-order valence-corrected chi connectivity index (χ2v) is 7.91. The summed E-state index contributed by atoms with van der Waals surface area (Å²) in [5.74, 6) is 1.46. The summed E-state index contributed by atoms with van der Waals surface area (Å²) in [6, 6.07) is 12.0. The van der Waals surface area contributed by atoms with Crippen molar-refractivity contribution >= 4 is 35.2 Å². The molecule has 0 aliphatic heterocycles. The Hall–Kier alpha value is -2.81. The van der Waals surface area contributed by atoms with E-state index in [0.29, 0.717) is 11.9 Å². The number of rotatable bonds is 3. The third-order valence-electron chi connectivity index (χ3n) is 3.19. The molecule has 0 fully saturated rings. The molecule has 0 atom stereocenters. The number of aromatic nitrogens is 2. The van der Waals surface area contributed by atoms with Gasteiger partial charge in [0, 0.05) is 12.6 Å². The van der Waals surface area contributed by atoms with Gasteiger partial charge >= 0.3 is 6.09 Å². The molecule has 1 aromatic carbocycles. The Bertz CT molecular complexity index is 769. The summed E-state index contributed by atoms with van der Waals surface area (Å²) in [5.41, 5.74) is 12.8. The molecule has 0 aliphatic carbocycles. The maximum Gasteiger partial charge on any atom is 0.405 e. The number of carbonyl (C=O) groups excluding carboxylic acids is 1. The number of benzene rings is 1. The molecule has 2 aromatic rings. The highest BCUT2D eigenvalue weighted by Crippen LogP contribution is 2.26. The van der Waals surface area contributed by atoms with E-state index in [4.69, 9.17) is 11.5 Å². The minimum atomic E-state index is -0.725. The first-order valence-electron chi connectivity index (χ1n) is 9.37. The minimum Gasteiger partial charge on any atom is -0.444 e. The van der Waals surface area contributed by atoms with E-state index in [9.17, 15) is 4.79 Å². The van der Waals surface area contributed by atoms with Gasteiger partial charge in [-0.25, -0.2) is 9.79 Å². The Balaban J connectivity index is 0.000000496. The van der Waals surface area contributed by atoms with Crippen LogP contribution in [0.2, 0.25) is 0 Å². The SMILES string of the molecule is CC(C)(C)OC(N)=O.CN=C(N)n1ncc(C(C)C)c1N=CSC.c1ccccc1. The Morgan fingerprint density at radius 2 is 1.67 bits per heavy atom. The van der Waals surface area contributed by atoms with Gasteiger partial charge in [-0.05, 0) is 32.9 Å². The van der Waals surface area contributed by atoms with E-state index in [1.807, 2.05) is 42.7 Å². The van der Waals surface area contributed by atoms with Gasteiger partial charge in [-0.15, -0.1) is 11.8 Å². The van der Waals surface area contributed by atoms with Crippen molar-refractivity contribution in [1.29, 1.82) is 0 Å². The second kappa shape index (κ2) is 14.2. The molecule has 8 nitrogen and oxygen atoms in total. The topological polar surface area (TPSA) is 121 Å². The normalized spacial score (nSPS) is 11.4. The molecule has 0 radical (unpaired) electrons. The molecule has 1 amide bonds. The van der Waals surface area contributed by atoms with Crippen LogP contribution in [-0.4, -0.2) is 46.3 Å². The van der Waals surface area contributed by atoms with Gasteiger partial charge in [-0.1, -0.05) is 50.2 Å². The fourth-order valence-electron chi connectivity index (χ4n) is 1.94. The van der Waals surface area contributed by atoms with Gasteiger partial charge in [-0.2, -0.15) is 9.78 Å². The van der Waals surface area contributed by atoms with Gasteiger partial charge in [0.1, 0.15) is 5.60 Å². The molecule has 0 aliphatic rings. The Kier molecular flexibility index (Phi) is 12.9. The number of nitrogens with two attached hydrogens (primary N) is 2. The molecule has 166 valence electrons. The quantitative estimate of drug-likeness (QED) is 0.548. The van der Waals surface area contributed by atoms with Crippen LogP contribution in [0.25, 0.3) is 0 Å². The molecular formula is C21H34N6O2S. The van der Waals surface area contributed by atoms with Gasteiger partial charge in [-0.3, -0.25) is 4.99 Å². The van der Waals surface area contributed by atoms with Crippen LogP contribution in [0.5, 0.6) is 0 Å². The van der Waals surface area contributed by atoms with Crippen LogP contribution >= 0.6 is 11.8 Å². The van der Waals surface area contributed by atoms with E-state index >= 15 is 0 Å². The van der Waals surface area contributed by atoms with Crippen LogP contribution in [0.1, 0.15) is 46.1 Å². The van der Waals surface area contributed by atoms with E-state index in [0.717, 1.165) is 11.4 Å². The molecule has 0 saturated heterocycles. The first-order chi connectivity index (χ1) is 14.0. The molecule has 30 heavy (non-hydrogen) atoms. The van der Waals surface area contributed by atoms with Crippen molar-refractivity contribution in [2.75, 3.05) is 13.3 Å². The van der Waals surface area contributed by atoms with E-state index in [2.05, 4.69) is 33.7 Å². The van der Waals surface area contributed by atoms with Crippen LogP contribution in [0.3, 0.4) is 0 Å². The molecule has 4 N–H and O–H groups in total. The van der Waals surface area contributed by atoms with Gasteiger partial charge in [0.05, 0.1) is 11.7 Å². The monoisotopic (exact) mass is 434 g/mol. The fraction of sp³-hybridized carbons (Fsp3) is 0.429. The summed E-state index contributed by atoms with van der Waals surface area (Å²) >= 11 is 1.53. The van der Waals surface area contributed by atoms with Crippen molar-refractivity contribution in [3.8, 4) is 0 Å². The number of carbonyl (C=O) groups is 1. The lowest BCUT2D eigenvalue weighted by atomic mass is 10.1. The molecule has 1 heterocycles. The summed E-state index contributed by atoms with van der Waals surface area (Å²) in [4.78, 5) is 18.3. The van der Waals surface area contributed by atoms with E-state index in [-0.39, 0.29) is 0 Å². The van der Waals surface area contributed by atoms with E-state index in [1.165, 1.54) is 11.8 Å². The fourth-order valence-corrected chi connectivity index (χ4v) is 2.15. The Morgan fingerprint density at radius 1 is 1.17 bits per heavy atom. The summed E-state index contributed by atoms with van der Waals surface area (Å²) in [6.45, 7) is 9.48. The Labute approximate surface area is 183 Å². The van der Waals surface area contributed by atoms with Crippen LogP contribution in [-0.2, 0) is 4.74 Å². The summed E-state index contributed by atoms with van der Waals surface area (Å²) in [5, 5.41) is 4.20. The lowest BCUT2D eigenvalue weighted by molar-refractivity contribution is 0.0600. The number of hydrogen-bond donors (Lipinski definition) is 2. The van der Waals surface area contributed by atoms with E-state index in [1.54, 1.807) is 44.2 Å². The highest BCUT2D eigenvalue weighted by molar-refractivity contribution is 8.11. The number of amides is 1. The average molecular weight is 435 g/mol. The number of aliphatic imine (C=N–C) groups is 2. The number of primary amides is 1. The molecule has 0 saturated carbocycles. The van der Waals surface area contributed by atoms with Crippen molar-refractivity contribution in [3.05, 3.63) is 48.2 Å². The predicted molar refractivity (Wildman–Crippen MR) is 128 cm³/mol. The summed E-state index contributed by atoms with van der Waals surface area (Å²) in [6.07, 6.45) is 3.02. The molecule has 0 bridgehead atoms. The van der Waals surface area contributed by atoms with Crippen molar-refractivity contribution in [2.24, 2.45) is 21.5 Å². The zero-order valence-corrected chi connectivity index (χ0v) is 19.7. The first-order valence-corrected chi connectivity index (χ1v) is 10.7. The van der Waals surface area contributed by atoms with Gasteiger partial charge < -0.3 is 16.2 Å². The highest BCUT2D eigenvalue weighted by atomic mass is 32.2. The van der Waals surface area contributed by atoms with Crippen molar-refractivity contribution in [2.45, 2.75) is 46.1 Å². The van der Waals surface area contributed by atoms with Crippen LogP contribution < -0.4 is 11.5 Å². The summed E-state index contributed by atoms with van der Waals surface area (Å²) < 4.78 is 6.13. The average Bonchev–Trinajstić information content (AvgIpc) is 3.10. The maximum absolute atomic E-state index is 10.0. The third kappa shape index (κ3) is 11.9. The lowest BCUT2D eigenvalue weighted by Crippen LogP contribution is -2.27. The highest BCUT2D eigenvalue weighted by Gasteiger charge is 2.14. The number of nitrogens with zero attached hydrogens (tertiary/aromatic N) is 4. The second-order valence-electron chi connectivity index (χ2n) is 7.23. The zero-order chi connectivity index (χ0) is 23.2. The largest absolute Gasteiger partial charge is 0.444 e. The molecule has 0 spiro atoms. The van der Waals surface area contributed by atoms with Crippen LogP contribution in [0, 0.1) is 0 Å². The van der Waals surface area contributed by atoms with Crippen LogP contribution in [0.15, 0.2) is 52.6 Å². The molecular weight excluding hydrogens is 400 g/mol. The number of hydrogen-bond acceptors (Lipinski definition) is 6. The Morgan fingerprint density at radius 3 is 1.97 bits per heavy atom. The zero-order valence-electron chi connectivity index (χ0n) is 18.9. The summed E-state index contributed by atoms with van der Waals surface area (Å²) in [7, 11) is 1.63. The number of thioether (sulfide) groups is 1. The molecule has 2 rings (SSSR count). The van der Waals surface area contributed by atoms with Gasteiger partial charge in [0.2, 0.25) is 5.96 Å². The van der Waals surface area contributed by atoms with Crippen LogP contribution in [0.4, 0.5) is 10.6 Å². The minimum absolute atomic E-state index is 0.347.